The van der Waals surface area contributed by atoms with Gasteiger partial charge in [0.1, 0.15) is 0 Å². The van der Waals surface area contributed by atoms with Gasteiger partial charge in [-0.25, -0.2) is 4.98 Å². The number of imidazole rings is 1. The lowest BCUT2D eigenvalue weighted by Gasteiger charge is -2.33. The van der Waals surface area contributed by atoms with Crippen LogP contribution in [0.3, 0.4) is 0 Å². The second-order valence-electron chi connectivity index (χ2n) is 7.43. The van der Waals surface area contributed by atoms with Gasteiger partial charge in [-0.2, -0.15) is 0 Å². The molecule has 2 aromatic carbocycles. The van der Waals surface area contributed by atoms with E-state index in [0.29, 0.717) is 5.92 Å². The summed E-state index contributed by atoms with van der Waals surface area (Å²) in [6.07, 6.45) is 7.85. The van der Waals surface area contributed by atoms with Crippen LogP contribution in [0.1, 0.15) is 23.2 Å². The first-order valence-electron chi connectivity index (χ1n) is 9.86. The highest BCUT2D eigenvalue weighted by Crippen LogP contribution is 2.25. The predicted molar refractivity (Wildman–Crippen MR) is 112 cm³/mol. The van der Waals surface area contributed by atoms with Gasteiger partial charge in [0.05, 0.1) is 6.33 Å². The maximum absolute atomic E-state index is 13.1. The molecule has 1 saturated heterocycles. The molecule has 1 unspecified atom stereocenters. The smallest absolute Gasteiger partial charge is 0.253 e. The van der Waals surface area contributed by atoms with Gasteiger partial charge in [0.25, 0.3) is 5.91 Å². The molecular formula is C23H26N4O. The van der Waals surface area contributed by atoms with Crippen LogP contribution < -0.4 is 5.32 Å². The quantitative estimate of drug-likeness (QED) is 0.730. The molecule has 1 aromatic heterocycles. The third kappa shape index (κ3) is 4.09. The van der Waals surface area contributed by atoms with E-state index in [1.165, 1.54) is 0 Å². The molecule has 4 rings (SSSR count). The molecule has 1 fully saturated rings. The first kappa shape index (κ1) is 18.3. The zero-order valence-electron chi connectivity index (χ0n) is 16.2. The summed E-state index contributed by atoms with van der Waals surface area (Å²) >= 11 is 0. The second kappa shape index (κ2) is 8.30. The van der Waals surface area contributed by atoms with Gasteiger partial charge in [-0.1, -0.05) is 24.3 Å². The third-order valence-electron chi connectivity index (χ3n) is 5.45. The molecule has 144 valence electrons. The number of rotatable bonds is 5. The van der Waals surface area contributed by atoms with E-state index >= 15 is 0 Å². The number of hydrogen-bond donors (Lipinski definition) is 1. The molecule has 5 heteroatoms. The standard InChI is InChI=1S/C23H26N4O/c1-24-22-9-7-19(8-10-22)20-5-2-6-21(14-20)23(28)27-12-3-4-18(16-27)15-26-13-11-25-17-26/h2,5-11,13-14,17-18,24H,3-4,12,15-16H2,1H3. The lowest BCUT2D eigenvalue weighted by atomic mass is 9.96. The number of hydrogen-bond acceptors (Lipinski definition) is 3. The van der Waals surface area contributed by atoms with Crippen molar-refractivity contribution in [2.45, 2.75) is 19.4 Å². The van der Waals surface area contributed by atoms with E-state index in [2.05, 4.69) is 45.2 Å². The van der Waals surface area contributed by atoms with E-state index in [-0.39, 0.29) is 5.91 Å². The lowest BCUT2D eigenvalue weighted by molar-refractivity contribution is 0.0662. The number of carbonyl (C=O) groups is 1. The van der Waals surface area contributed by atoms with Gasteiger partial charge in [-0.3, -0.25) is 4.79 Å². The molecule has 0 bridgehead atoms. The Balaban J connectivity index is 1.48. The minimum Gasteiger partial charge on any atom is -0.388 e. The molecule has 0 saturated carbocycles. The Hall–Kier alpha value is -3.08. The van der Waals surface area contributed by atoms with Crippen LogP contribution in [0.5, 0.6) is 0 Å². The Kier molecular flexibility index (Phi) is 5.42. The number of likely N-dealkylation sites (tertiary alicyclic amines) is 1. The number of aromatic nitrogens is 2. The number of benzene rings is 2. The Morgan fingerprint density at radius 3 is 2.79 bits per heavy atom. The van der Waals surface area contributed by atoms with Crippen LogP contribution >= 0.6 is 0 Å². The van der Waals surface area contributed by atoms with Gasteiger partial charge < -0.3 is 14.8 Å². The average Bonchev–Trinajstić information content (AvgIpc) is 3.26. The van der Waals surface area contributed by atoms with Crippen molar-refractivity contribution in [3.8, 4) is 11.1 Å². The molecule has 1 atom stereocenters. The van der Waals surface area contributed by atoms with E-state index in [0.717, 1.165) is 54.9 Å². The number of amides is 1. The highest BCUT2D eigenvalue weighted by Gasteiger charge is 2.24. The van der Waals surface area contributed by atoms with Crippen LogP contribution in [0.2, 0.25) is 0 Å². The summed E-state index contributed by atoms with van der Waals surface area (Å²) in [4.78, 5) is 19.3. The largest absolute Gasteiger partial charge is 0.388 e. The van der Waals surface area contributed by atoms with Crippen molar-refractivity contribution in [3.63, 3.8) is 0 Å². The summed E-state index contributed by atoms with van der Waals surface area (Å²) in [6, 6.07) is 16.2. The summed E-state index contributed by atoms with van der Waals surface area (Å²) in [5.41, 5.74) is 4.03. The van der Waals surface area contributed by atoms with Crippen LogP contribution in [0, 0.1) is 5.92 Å². The molecule has 0 radical (unpaired) electrons. The van der Waals surface area contributed by atoms with Gasteiger partial charge in [0.15, 0.2) is 0 Å². The maximum atomic E-state index is 13.1. The number of nitrogens with zero attached hydrogens (tertiary/aromatic N) is 3. The molecule has 28 heavy (non-hydrogen) atoms. The molecule has 1 aliphatic rings. The molecule has 1 N–H and O–H groups in total. The second-order valence-corrected chi connectivity index (χ2v) is 7.43. The Morgan fingerprint density at radius 1 is 1.18 bits per heavy atom. The van der Waals surface area contributed by atoms with Gasteiger partial charge in [0, 0.05) is 50.3 Å². The highest BCUT2D eigenvalue weighted by molar-refractivity contribution is 5.95. The molecule has 0 spiro atoms. The average molecular weight is 374 g/mol. The minimum absolute atomic E-state index is 0.129. The number of carbonyl (C=O) groups excluding carboxylic acids is 1. The van der Waals surface area contributed by atoms with Crippen molar-refractivity contribution in [1.29, 1.82) is 0 Å². The van der Waals surface area contributed by atoms with E-state index < -0.39 is 0 Å². The lowest BCUT2D eigenvalue weighted by Crippen LogP contribution is -2.41. The zero-order chi connectivity index (χ0) is 19.3. The third-order valence-corrected chi connectivity index (χ3v) is 5.45. The van der Waals surface area contributed by atoms with Crippen LogP contribution in [-0.2, 0) is 6.54 Å². The summed E-state index contributed by atoms with van der Waals surface area (Å²) in [5.74, 6) is 0.605. The molecule has 2 heterocycles. The number of nitrogens with one attached hydrogen (secondary N) is 1. The molecule has 3 aromatic rings. The first-order chi connectivity index (χ1) is 13.7. The summed E-state index contributed by atoms with van der Waals surface area (Å²) in [7, 11) is 1.91. The topological polar surface area (TPSA) is 50.2 Å². The Bertz CT molecular complexity index is 918. The van der Waals surface area contributed by atoms with Crippen LogP contribution in [0.4, 0.5) is 5.69 Å². The first-order valence-corrected chi connectivity index (χ1v) is 9.86. The zero-order valence-corrected chi connectivity index (χ0v) is 16.2. The normalized spacial score (nSPS) is 16.8. The minimum atomic E-state index is 0.129. The van der Waals surface area contributed by atoms with Crippen LogP contribution in [0.25, 0.3) is 11.1 Å². The number of piperidine rings is 1. The van der Waals surface area contributed by atoms with Crippen molar-refractivity contribution < 1.29 is 4.79 Å². The van der Waals surface area contributed by atoms with Gasteiger partial charge >= 0.3 is 0 Å². The molecule has 1 aliphatic heterocycles. The highest BCUT2D eigenvalue weighted by atomic mass is 16.2. The van der Waals surface area contributed by atoms with E-state index in [9.17, 15) is 4.79 Å². The fourth-order valence-corrected chi connectivity index (χ4v) is 3.94. The van der Waals surface area contributed by atoms with E-state index in [1.54, 1.807) is 6.20 Å². The van der Waals surface area contributed by atoms with Crippen LogP contribution in [0.15, 0.2) is 67.3 Å². The van der Waals surface area contributed by atoms with E-state index in [1.807, 2.05) is 42.7 Å². The Morgan fingerprint density at radius 2 is 2.04 bits per heavy atom. The number of anilines is 1. The molecular weight excluding hydrogens is 348 g/mol. The summed E-state index contributed by atoms with van der Waals surface area (Å²) in [6.45, 7) is 2.56. The van der Waals surface area contributed by atoms with Crippen molar-refractivity contribution in [3.05, 3.63) is 72.8 Å². The fourth-order valence-electron chi connectivity index (χ4n) is 3.94. The summed E-state index contributed by atoms with van der Waals surface area (Å²) < 4.78 is 2.11. The predicted octanol–water partition coefficient (Wildman–Crippen LogP) is 4.14. The summed E-state index contributed by atoms with van der Waals surface area (Å²) in [5, 5.41) is 3.13. The van der Waals surface area contributed by atoms with E-state index in [4.69, 9.17) is 0 Å². The fraction of sp³-hybridized carbons (Fsp3) is 0.304. The van der Waals surface area contributed by atoms with Crippen molar-refractivity contribution in [2.24, 2.45) is 5.92 Å². The SMILES string of the molecule is CNc1ccc(-c2cccc(C(=O)N3CCCC(Cn4ccnc4)C3)c2)cc1. The Labute approximate surface area is 166 Å². The van der Waals surface area contributed by atoms with Gasteiger partial charge in [0.2, 0.25) is 0 Å². The van der Waals surface area contributed by atoms with Crippen LogP contribution in [-0.4, -0.2) is 40.5 Å². The van der Waals surface area contributed by atoms with Crippen molar-refractivity contribution >= 4 is 11.6 Å². The maximum Gasteiger partial charge on any atom is 0.253 e. The van der Waals surface area contributed by atoms with Crippen molar-refractivity contribution in [2.75, 3.05) is 25.5 Å². The monoisotopic (exact) mass is 374 g/mol. The molecule has 1 amide bonds. The van der Waals surface area contributed by atoms with Crippen molar-refractivity contribution in [1.82, 2.24) is 14.5 Å². The molecule has 0 aliphatic carbocycles. The van der Waals surface area contributed by atoms with Gasteiger partial charge in [-0.15, -0.1) is 0 Å². The van der Waals surface area contributed by atoms with Gasteiger partial charge in [-0.05, 0) is 54.2 Å². The molecule has 5 nitrogen and oxygen atoms in total.